The zero-order chi connectivity index (χ0) is 11.4. The summed E-state index contributed by atoms with van der Waals surface area (Å²) in [4.78, 5) is 0. The average Bonchev–Trinajstić information content (AvgIpc) is 2.18. The number of hydrazone groups is 1. The zero-order valence-electron chi connectivity index (χ0n) is 7.30. The predicted molar refractivity (Wildman–Crippen MR) is 71.7 cm³/mol. The lowest BCUT2D eigenvalue weighted by atomic mass is 10.2. The van der Waals surface area contributed by atoms with Gasteiger partial charge in [-0.25, -0.2) is 0 Å². The van der Waals surface area contributed by atoms with Gasteiger partial charge in [0.05, 0.1) is 16.3 Å². The van der Waals surface area contributed by atoms with E-state index in [-0.39, 0.29) is 5.11 Å². The van der Waals surface area contributed by atoms with Crippen molar-refractivity contribution in [2.75, 3.05) is 0 Å². The first-order chi connectivity index (χ1) is 7.02. The summed E-state index contributed by atoms with van der Waals surface area (Å²) in [5.41, 5.74) is 8.28. The minimum atomic E-state index is 0.0885. The van der Waals surface area contributed by atoms with Gasteiger partial charge in [-0.3, -0.25) is 5.43 Å². The second-order valence-corrected chi connectivity index (χ2v) is 4.55. The Bertz CT molecular complexity index is 423. The summed E-state index contributed by atoms with van der Waals surface area (Å²) >= 11 is 19.7. The number of hydrogen-bond acceptors (Lipinski definition) is 2. The first kappa shape index (κ1) is 12.7. The van der Waals surface area contributed by atoms with Crippen molar-refractivity contribution in [2.45, 2.75) is 0 Å². The van der Waals surface area contributed by atoms with Gasteiger partial charge < -0.3 is 5.73 Å². The van der Waals surface area contributed by atoms with E-state index in [1.165, 1.54) is 6.21 Å². The van der Waals surface area contributed by atoms with Gasteiger partial charge in [0.2, 0.25) is 0 Å². The lowest BCUT2D eigenvalue weighted by Gasteiger charge is -2.02. The highest BCUT2D eigenvalue weighted by molar-refractivity contribution is 9.10. The lowest BCUT2D eigenvalue weighted by molar-refractivity contribution is 1.04. The number of halogens is 3. The minimum absolute atomic E-state index is 0.0885. The Balaban J connectivity index is 2.92. The highest BCUT2D eigenvalue weighted by Gasteiger charge is 2.06. The Labute approximate surface area is 111 Å². The van der Waals surface area contributed by atoms with E-state index in [1.54, 1.807) is 12.1 Å². The predicted octanol–water partition coefficient (Wildman–Crippen LogP) is 2.92. The molecular formula is C8H6BrCl2N3S. The summed E-state index contributed by atoms with van der Waals surface area (Å²) < 4.78 is 0.730. The Morgan fingerprint density at radius 3 is 2.73 bits per heavy atom. The number of thiocarbonyl (C=S) groups is 1. The van der Waals surface area contributed by atoms with Crippen LogP contribution in [-0.4, -0.2) is 11.3 Å². The van der Waals surface area contributed by atoms with Crippen molar-refractivity contribution in [1.29, 1.82) is 0 Å². The normalized spacial score (nSPS) is 10.6. The third-order valence-corrected chi connectivity index (χ3v) is 3.32. The number of nitrogens with two attached hydrogens (primary N) is 1. The number of rotatable bonds is 2. The fourth-order valence-electron chi connectivity index (χ4n) is 0.806. The Kier molecular flexibility index (Phi) is 4.79. The number of nitrogens with one attached hydrogen (secondary N) is 1. The molecule has 80 valence electrons. The van der Waals surface area contributed by atoms with E-state index in [4.69, 9.17) is 28.9 Å². The molecule has 3 N–H and O–H groups in total. The molecule has 0 aliphatic heterocycles. The van der Waals surface area contributed by atoms with Gasteiger partial charge in [0, 0.05) is 10.0 Å². The van der Waals surface area contributed by atoms with Crippen molar-refractivity contribution in [3.05, 3.63) is 32.2 Å². The molecule has 0 atom stereocenters. The molecule has 1 aromatic carbocycles. The molecule has 1 aromatic rings. The quantitative estimate of drug-likeness (QED) is 0.380. The van der Waals surface area contributed by atoms with Crippen molar-refractivity contribution in [1.82, 2.24) is 5.43 Å². The molecular weight excluding hydrogens is 321 g/mol. The summed E-state index contributed by atoms with van der Waals surface area (Å²) in [5.74, 6) is 0. The summed E-state index contributed by atoms with van der Waals surface area (Å²) in [5, 5.41) is 4.72. The first-order valence-corrected chi connectivity index (χ1v) is 5.70. The van der Waals surface area contributed by atoms with Crippen LogP contribution < -0.4 is 11.2 Å². The van der Waals surface area contributed by atoms with Crippen LogP contribution in [0.2, 0.25) is 10.0 Å². The highest BCUT2D eigenvalue weighted by Crippen LogP contribution is 2.31. The minimum Gasteiger partial charge on any atom is -0.375 e. The fraction of sp³-hybridized carbons (Fsp3) is 0. The van der Waals surface area contributed by atoms with Crippen molar-refractivity contribution in [3.8, 4) is 0 Å². The van der Waals surface area contributed by atoms with E-state index in [0.717, 1.165) is 4.47 Å². The molecule has 0 radical (unpaired) electrons. The molecule has 0 aliphatic carbocycles. The van der Waals surface area contributed by atoms with Crippen LogP contribution in [0.5, 0.6) is 0 Å². The van der Waals surface area contributed by atoms with Gasteiger partial charge in [0.1, 0.15) is 0 Å². The zero-order valence-corrected chi connectivity index (χ0v) is 11.2. The van der Waals surface area contributed by atoms with E-state index in [1.807, 2.05) is 0 Å². The summed E-state index contributed by atoms with van der Waals surface area (Å²) in [6.45, 7) is 0. The van der Waals surface area contributed by atoms with Crippen molar-refractivity contribution in [3.63, 3.8) is 0 Å². The van der Waals surface area contributed by atoms with E-state index < -0.39 is 0 Å². The topological polar surface area (TPSA) is 50.4 Å². The van der Waals surface area contributed by atoms with E-state index in [9.17, 15) is 0 Å². The SMILES string of the molecule is NC(=S)NN=Cc1ccc(Br)c(Cl)c1Cl. The van der Waals surface area contributed by atoms with Gasteiger partial charge in [-0.2, -0.15) is 5.10 Å². The van der Waals surface area contributed by atoms with Crippen LogP contribution in [0.25, 0.3) is 0 Å². The molecule has 0 heterocycles. The molecule has 0 fully saturated rings. The summed E-state index contributed by atoms with van der Waals surface area (Å²) in [6.07, 6.45) is 1.49. The van der Waals surface area contributed by atoms with Gasteiger partial charge in [-0.15, -0.1) is 0 Å². The molecule has 1 rings (SSSR count). The first-order valence-electron chi connectivity index (χ1n) is 3.74. The van der Waals surface area contributed by atoms with Gasteiger partial charge >= 0.3 is 0 Å². The van der Waals surface area contributed by atoms with E-state index in [0.29, 0.717) is 15.6 Å². The van der Waals surface area contributed by atoms with Crippen LogP contribution in [0.1, 0.15) is 5.56 Å². The van der Waals surface area contributed by atoms with Crippen molar-refractivity contribution in [2.24, 2.45) is 10.8 Å². The Hall–Kier alpha value is -0.360. The average molecular weight is 327 g/mol. The lowest BCUT2D eigenvalue weighted by Crippen LogP contribution is -2.24. The van der Waals surface area contributed by atoms with Crippen LogP contribution in [0.15, 0.2) is 21.7 Å². The molecule has 0 bridgehead atoms. The third kappa shape index (κ3) is 3.61. The van der Waals surface area contributed by atoms with Crippen molar-refractivity contribution >= 4 is 62.7 Å². The van der Waals surface area contributed by atoms with Gasteiger partial charge in [-0.05, 0) is 34.2 Å². The van der Waals surface area contributed by atoms with Gasteiger partial charge in [0.25, 0.3) is 0 Å². The van der Waals surface area contributed by atoms with Crippen LogP contribution in [0.3, 0.4) is 0 Å². The van der Waals surface area contributed by atoms with Crippen LogP contribution in [-0.2, 0) is 0 Å². The van der Waals surface area contributed by atoms with E-state index in [2.05, 4.69) is 38.7 Å². The number of hydrogen-bond donors (Lipinski definition) is 2. The maximum Gasteiger partial charge on any atom is 0.184 e. The molecule has 0 unspecified atom stereocenters. The molecule has 0 amide bonds. The maximum absolute atomic E-state index is 5.97. The summed E-state index contributed by atoms with van der Waals surface area (Å²) in [6, 6.07) is 3.54. The molecule has 7 heteroatoms. The molecule has 0 aliphatic rings. The molecule has 0 spiro atoms. The Morgan fingerprint density at radius 1 is 1.47 bits per heavy atom. The highest BCUT2D eigenvalue weighted by atomic mass is 79.9. The molecule has 3 nitrogen and oxygen atoms in total. The molecule has 0 aromatic heterocycles. The second-order valence-electron chi connectivity index (χ2n) is 2.50. The fourth-order valence-corrected chi connectivity index (χ4v) is 1.69. The maximum atomic E-state index is 5.97. The summed E-state index contributed by atoms with van der Waals surface area (Å²) in [7, 11) is 0. The Morgan fingerprint density at radius 2 is 2.13 bits per heavy atom. The number of benzene rings is 1. The molecule has 0 saturated carbocycles. The van der Waals surface area contributed by atoms with Crippen molar-refractivity contribution < 1.29 is 0 Å². The van der Waals surface area contributed by atoms with Crippen LogP contribution >= 0.6 is 51.3 Å². The standard InChI is InChI=1S/C8H6BrCl2N3S/c9-5-2-1-4(6(10)7(5)11)3-13-14-8(12)15/h1-3H,(H3,12,14,15). The smallest absolute Gasteiger partial charge is 0.184 e. The molecule has 15 heavy (non-hydrogen) atoms. The van der Waals surface area contributed by atoms with Gasteiger partial charge in [0.15, 0.2) is 5.11 Å². The third-order valence-electron chi connectivity index (χ3n) is 1.44. The van der Waals surface area contributed by atoms with Crippen LogP contribution in [0.4, 0.5) is 0 Å². The monoisotopic (exact) mass is 325 g/mol. The largest absolute Gasteiger partial charge is 0.375 e. The van der Waals surface area contributed by atoms with E-state index >= 15 is 0 Å². The van der Waals surface area contributed by atoms with Gasteiger partial charge in [-0.1, -0.05) is 29.3 Å². The number of nitrogens with zero attached hydrogens (tertiary/aromatic N) is 1. The molecule has 0 saturated heterocycles. The van der Waals surface area contributed by atoms with Crippen LogP contribution in [0, 0.1) is 0 Å². The second kappa shape index (κ2) is 5.65.